The van der Waals surface area contributed by atoms with E-state index in [-0.39, 0.29) is 6.10 Å². The summed E-state index contributed by atoms with van der Waals surface area (Å²) in [5.74, 6) is 1.41. The maximum absolute atomic E-state index is 5.80. The van der Waals surface area contributed by atoms with Crippen LogP contribution in [0, 0.1) is 5.92 Å². The fraction of sp³-hybridized carbons (Fsp3) is 0.667. The topological polar surface area (TPSA) is 57.6 Å². The molecule has 0 spiro atoms. The van der Waals surface area contributed by atoms with Crippen molar-refractivity contribution < 1.29 is 13.9 Å². The predicted octanol–water partition coefficient (Wildman–Crippen LogP) is 1.72. The summed E-state index contributed by atoms with van der Waals surface area (Å²) < 4.78 is 16.4. The largest absolute Gasteiger partial charge is 0.467 e. The van der Waals surface area contributed by atoms with E-state index >= 15 is 0 Å². The lowest BCUT2D eigenvalue weighted by Crippen LogP contribution is -2.23. The summed E-state index contributed by atoms with van der Waals surface area (Å²) >= 11 is 0. The molecule has 4 heteroatoms. The van der Waals surface area contributed by atoms with E-state index < -0.39 is 0 Å². The molecule has 0 saturated carbocycles. The molecule has 1 aliphatic rings. The summed E-state index contributed by atoms with van der Waals surface area (Å²) in [4.78, 5) is 0. The van der Waals surface area contributed by atoms with Gasteiger partial charge in [0.25, 0.3) is 0 Å². The van der Waals surface area contributed by atoms with E-state index in [0.717, 1.165) is 38.4 Å². The van der Waals surface area contributed by atoms with Crippen LogP contribution in [-0.4, -0.2) is 26.4 Å². The number of hydrogen-bond donors (Lipinski definition) is 1. The van der Waals surface area contributed by atoms with Crippen LogP contribution in [0.5, 0.6) is 0 Å². The van der Waals surface area contributed by atoms with Crippen molar-refractivity contribution in [2.75, 3.05) is 26.4 Å². The monoisotopic (exact) mass is 225 g/mol. The third-order valence-electron chi connectivity index (χ3n) is 2.95. The van der Waals surface area contributed by atoms with Crippen LogP contribution in [0.3, 0.4) is 0 Å². The Balaban J connectivity index is 1.78. The van der Waals surface area contributed by atoms with Gasteiger partial charge in [-0.15, -0.1) is 0 Å². The van der Waals surface area contributed by atoms with Crippen LogP contribution >= 0.6 is 0 Å². The summed E-state index contributed by atoms with van der Waals surface area (Å²) in [7, 11) is 0. The van der Waals surface area contributed by atoms with E-state index in [2.05, 4.69) is 0 Å². The first-order valence-electron chi connectivity index (χ1n) is 5.83. The molecule has 1 saturated heterocycles. The Kier molecular flexibility index (Phi) is 4.39. The number of rotatable bonds is 5. The van der Waals surface area contributed by atoms with E-state index in [1.807, 2.05) is 12.1 Å². The molecule has 1 unspecified atom stereocenters. The minimum atomic E-state index is -0.113. The van der Waals surface area contributed by atoms with Gasteiger partial charge < -0.3 is 19.6 Å². The van der Waals surface area contributed by atoms with Gasteiger partial charge in [0.1, 0.15) is 11.9 Å². The molecule has 0 bridgehead atoms. The Morgan fingerprint density at radius 1 is 1.44 bits per heavy atom. The number of hydrogen-bond acceptors (Lipinski definition) is 4. The highest BCUT2D eigenvalue weighted by molar-refractivity contribution is 5.02. The molecule has 0 radical (unpaired) electrons. The standard InChI is InChI=1S/C12H19NO3/c13-8-12(11-2-1-5-15-11)16-9-10-3-6-14-7-4-10/h1-2,5,10,12H,3-4,6-9,13H2. The fourth-order valence-electron chi connectivity index (χ4n) is 1.91. The first kappa shape index (κ1) is 11.6. The van der Waals surface area contributed by atoms with Gasteiger partial charge in [0.15, 0.2) is 0 Å². The van der Waals surface area contributed by atoms with E-state index in [1.165, 1.54) is 0 Å². The quantitative estimate of drug-likeness (QED) is 0.829. The highest BCUT2D eigenvalue weighted by atomic mass is 16.5. The van der Waals surface area contributed by atoms with Crippen molar-refractivity contribution in [3.8, 4) is 0 Å². The van der Waals surface area contributed by atoms with E-state index in [0.29, 0.717) is 12.5 Å². The minimum absolute atomic E-state index is 0.113. The van der Waals surface area contributed by atoms with Crippen LogP contribution in [0.2, 0.25) is 0 Å². The van der Waals surface area contributed by atoms with E-state index in [1.54, 1.807) is 6.26 Å². The Labute approximate surface area is 95.7 Å². The Hall–Kier alpha value is -0.840. The number of furan rings is 1. The molecule has 0 aromatic carbocycles. The lowest BCUT2D eigenvalue weighted by Gasteiger charge is -2.23. The first-order valence-corrected chi connectivity index (χ1v) is 5.83. The van der Waals surface area contributed by atoms with Crippen molar-refractivity contribution in [2.24, 2.45) is 11.7 Å². The second-order valence-corrected chi connectivity index (χ2v) is 4.13. The predicted molar refractivity (Wildman–Crippen MR) is 60.0 cm³/mol. The lowest BCUT2D eigenvalue weighted by atomic mass is 10.0. The normalized spacial score (nSPS) is 19.8. The SMILES string of the molecule is NCC(OCC1CCOCC1)c1ccco1. The molecule has 4 nitrogen and oxygen atoms in total. The average molecular weight is 225 g/mol. The van der Waals surface area contributed by atoms with Crippen molar-refractivity contribution in [1.82, 2.24) is 0 Å². The third kappa shape index (κ3) is 3.07. The average Bonchev–Trinajstić information content (AvgIpc) is 2.85. The highest BCUT2D eigenvalue weighted by Gasteiger charge is 2.18. The van der Waals surface area contributed by atoms with Crippen molar-refractivity contribution in [3.05, 3.63) is 24.2 Å². The van der Waals surface area contributed by atoms with Gasteiger partial charge in [0.05, 0.1) is 12.9 Å². The maximum Gasteiger partial charge on any atom is 0.133 e. The van der Waals surface area contributed by atoms with Crippen LogP contribution in [0.4, 0.5) is 0 Å². The molecule has 1 aliphatic heterocycles. The van der Waals surface area contributed by atoms with Crippen molar-refractivity contribution in [2.45, 2.75) is 18.9 Å². The van der Waals surface area contributed by atoms with Gasteiger partial charge in [0, 0.05) is 19.8 Å². The smallest absolute Gasteiger partial charge is 0.133 e. The molecule has 1 atom stereocenters. The van der Waals surface area contributed by atoms with E-state index in [4.69, 9.17) is 19.6 Å². The van der Waals surface area contributed by atoms with Gasteiger partial charge >= 0.3 is 0 Å². The molecule has 16 heavy (non-hydrogen) atoms. The fourth-order valence-corrected chi connectivity index (χ4v) is 1.91. The van der Waals surface area contributed by atoms with Gasteiger partial charge in [-0.3, -0.25) is 0 Å². The summed E-state index contributed by atoms with van der Waals surface area (Å²) in [6.45, 7) is 2.90. The zero-order chi connectivity index (χ0) is 11.2. The highest BCUT2D eigenvalue weighted by Crippen LogP contribution is 2.21. The van der Waals surface area contributed by atoms with Crippen LogP contribution in [0.1, 0.15) is 24.7 Å². The summed E-state index contributed by atoms with van der Waals surface area (Å²) in [6, 6.07) is 3.76. The molecular formula is C12H19NO3. The molecule has 1 fully saturated rings. The van der Waals surface area contributed by atoms with Gasteiger partial charge in [-0.1, -0.05) is 0 Å². The number of nitrogens with two attached hydrogens (primary N) is 1. The van der Waals surface area contributed by atoms with Crippen LogP contribution in [-0.2, 0) is 9.47 Å². The molecule has 1 aromatic rings. The zero-order valence-electron chi connectivity index (χ0n) is 9.43. The first-order chi connectivity index (χ1) is 7.90. The zero-order valence-corrected chi connectivity index (χ0v) is 9.43. The second kappa shape index (κ2) is 6.03. The van der Waals surface area contributed by atoms with Crippen molar-refractivity contribution in [1.29, 1.82) is 0 Å². The van der Waals surface area contributed by atoms with Crippen LogP contribution in [0.25, 0.3) is 0 Å². The van der Waals surface area contributed by atoms with Crippen molar-refractivity contribution in [3.63, 3.8) is 0 Å². The van der Waals surface area contributed by atoms with Gasteiger partial charge in [-0.2, -0.15) is 0 Å². The lowest BCUT2D eigenvalue weighted by molar-refractivity contribution is -0.0154. The van der Waals surface area contributed by atoms with Gasteiger partial charge in [-0.05, 0) is 30.9 Å². The molecule has 0 aliphatic carbocycles. The second-order valence-electron chi connectivity index (χ2n) is 4.13. The Morgan fingerprint density at radius 2 is 2.25 bits per heavy atom. The Bertz CT molecular complexity index is 280. The molecule has 1 aromatic heterocycles. The van der Waals surface area contributed by atoms with Gasteiger partial charge in [0.2, 0.25) is 0 Å². The molecule has 2 rings (SSSR count). The summed E-state index contributed by atoms with van der Waals surface area (Å²) in [5.41, 5.74) is 5.67. The molecular weight excluding hydrogens is 206 g/mol. The van der Waals surface area contributed by atoms with Crippen LogP contribution < -0.4 is 5.73 Å². The minimum Gasteiger partial charge on any atom is -0.467 e. The molecule has 90 valence electrons. The maximum atomic E-state index is 5.80. The third-order valence-corrected chi connectivity index (χ3v) is 2.95. The number of ether oxygens (including phenoxy) is 2. The summed E-state index contributed by atoms with van der Waals surface area (Å²) in [6.07, 6.45) is 3.69. The Morgan fingerprint density at radius 3 is 2.88 bits per heavy atom. The van der Waals surface area contributed by atoms with E-state index in [9.17, 15) is 0 Å². The molecule has 2 heterocycles. The summed E-state index contributed by atoms with van der Waals surface area (Å²) in [5, 5.41) is 0. The van der Waals surface area contributed by atoms with Crippen molar-refractivity contribution >= 4 is 0 Å². The molecule has 2 N–H and O–H groups in total. The molecule has 0 amide bonds. The van der Waals surface area contributed by atoms with Crippen LogP contribution in [0.15, 0.2) is 22.8 Å². The van der Waals surface area contributed by atoms with Gasteiger partial charge in [-0.25, -0.2) is 0 Å².